The third-order valence-electron chi connectivity index (χ3n) is 3.07. The highest BCUT2D eigenvalue weighted by Crippen LogP contribution is 2.29. The van der Waals surface area contributed by atoms with Crippen molar-refractivity contribution >= 4 is 12.4 Å². The summed E-state index contributed by atoms with van der Waals surface area (Å²) in [5, 5.41) is 0. The molecular formula is C17H24O4. The molecule has 0 aliphatic rings. The highest BCUT2D eigenvalue weighted by atomic mass is 16.5. The van der Waals surface area contributed by atoms with E-state index in [1.54, 1.807) is 14.2 Å². The van der Waals surface area contributed by atoms with Crippen LogP contribution in [0.1, 0.15) is 25.8 Å². The van der Waals surface area contributed by atoms with Crippen LogP contribution in [0.2, 0.25) is 0 Å². The van der Waals surface area contributed by atoms with Crippen molar-refractivity contribution in [2.45, 2.75) is 20.3 Å². The van der Waals surface area contributed by atoms with E-state index in [0.717, 1.165) is 23.8 Å². The summed E-state index contributed by atoms with van der Waals surface area (Å²) < 4.78 is 16.0. The molecule has 0 aromatic heterocycles. The first-order chi connectivity index (χ1) is 10.1. The number of benzene rings is 1. The van der Waals surface area contributed by atoms with Crippen LogP contribution in [0.3, 0.4) is 0 Å². The Morgan fingerprint density at radius 2 is 1.95 bits per heavy atom. The minimum atomic E-state index is 0.190. The highest BCUT2D eigenvalue weighted by molar-refractivity contribution is 5.82. The number of aldehydes is 1. The zero-order valence-electron chi connectivity index (χ0n) is 13.2. The molecule has 0 saturated carbocycles. The van der Waals surface area contributed by atoms with Gasteiger partial charge in [0.15, 0.2) is 11.5 Å². The van der Waals surface area contributed by atoms with Gasteiger partial charge in [0.05, 0.1) is 13.7 Å². The van der Waals surface area contributed by atoms with Gasteiger partial charge in [0.1, 0.15) is 6.29 Å². The van der Waals surface area contributed by atoms with E-state index < -0.39 is 0 Å². The van der Waals surface area contributed by atoms with Crippen molar-refractivity contribution in [2.75, 3.05) is 27.4 Å². The van der Waals surface area contributed by atoms with E-state index >= 15 is 0 Å². The first-order valence-electron chi connectivity index (χ1n) is 7.09. The van der Waals surface area contributed by atoms with Crippen LogP contribution in [-0.2, 0) is 9.53 Å². The number of methoxy groups -OCH3 is 2. The lowest BCUT2D eigenvalue weighted by Gasteiger charge is -2.12. The second-order valence-electron chi connectivity index (χ2n) is 5.02. The maximum absolute atomic E-state index is 11.1. The molecule has 0 saturated heterocycles. The predicted octanol–water partition coefficient (Wildman–Crippen LogP) is 3.35. The van der Waals surface area contributed by atoms with Gasteiger partial charge in [0, 0.05) is 20.1 Å². The molecule has 0 N–H and O–H groups in total. The molecule has 4 heteroatoms. The average molecular weight is 292 g/mol. The van der Waals surface area contributed by atoms with E-state index in [-0.39, 0.29) is 5.92 Å². The van der Waals surface area contributed by atoms with Crippen LogP contribution in [0.4, 0.5) is 0 Å². The van der Waals surface area contributed by atoms with Crippen LogP contribution in [0.25, 0.3) is 6.08 Å². The van der Waals surface area contributed by atoms with Crippen molar-refractivity contribution in [3.8, 4) is 11.5 Å². The van der Waals surface area contributed by atoms with E-state index in [2.05, 4.69) is 0 Å². The molecular weight excluding hydrogens is 268 g/mol. The quantitative estimate of drug-likeness (QED) is 0.398. The SMILES string of the molecule is COCCCOc1cc(/C=C(\C=O)C(C)C)ccc1OC. The van der Waals surface area contributed by atoms with Crippen LogP contribution < -0.4 is 9.47 Å². The second-order valence-corrected chi connectivity index (χ2v) is 5.02. The van der Waals surface area contributed by atoms with Gasteiger partial charge in [0.25, 0.3) is 0 Å². The van der Waals surface area contributed by atoms with Crippen molar-refractivity contribution in [1.82, 2.24) is 0 Å². The van der Waals surface area contributed by atoms with Crippen molar-refractivity contribution in [3.05, 3.63) is 29.3 Å². The Morgan fingerprint density at radius 3 is 2.52 bits per heavy atom. The Hall–Kier alpha value is -1.81. The molecule has 0 fully saturated rings. The normalized spacial score (nSPS) is 11.6. The van der Waals surface area contributed by atoms with Crippen LogP contribution in [0.5, 0.6) is 11.5 Å². The lowest BCUT2D eigenvalue weighted by atomic mass is 10.0. The summed E-state index contributed by atoms with van der Waals surface area (Å²) in [5.41, 5.74) is 1.68. The zero-order chi connectivity index (χ0) is 15.7. The summed E-state index contributed by atoms with van der Waals surface area (Å²) in [6.45, 7) is 5.20. The molecule has 0 spiro atoms. The average Bonchev–Trinajstić information content (AvgIpc) is 2.49. The molecule has 0 aliphatic heterocycles. The topological polar surface area (TPSA) is 44.8 Å². The summed E-state index contributed by atoms with van der Waals surface area (Å²) >= 11 is 0. The second kappa shape index (κ2) is 9.19. The highest BCUT2D eigenvalue weighted by Gasteiger charge is 2.07. The molecule has 116 valence electrons. The Morgan fingerprint density at radius 1 is 1.19 bits per heavy atom. The Bertz CT molecular complexity index is 478. The summed E-state index contributed by atoms with van der Waals surface area (Å²) in [4.78, 5) is 11.1. The number of carbonyl (C=O) groups excluding carboxylic acids is 1. The monoisotopic (exact) mass is 292 g/mol. The van der Waals surface area contributed by atoms with Crippen LogP contribution >= 0.6 is 0 Å². The van der Waals surface area contributed by atoms with Crippen LogP contribution in [-0.4, -0.2) is 33.7 Å². The number of hydrogen-bond donors (Lipinski definition) is 0. The van der Waals surface area contributed by atoms with Gasteiger partial charge in [0.2, 0.25) is 0 Å². The molecule has 1 aromatic rings. The fourth-order valence-corrected chi connectivity index (χ4v) is 1.81. The molecule has 0 amide bonds. The zero-order valence-corrected chi connectivity index (χ0v) is 13.2. The van der Waals surface area contributed by atoms with Crippen LogP contribution in [0, 0.1) is 5.92 Å². The van der Waals surface area contributed by atoms with E-state index in [9.17, 15) is 4.79 Å². The van der Waals surface area contributed by atoms with Gasteiger partial charge in [-0.05, 0) is 35.3 Å². The summed E-state index contributed by atoms with van der Waals surface area (Å²) in [7, 11) is 3.27. The lowest BCUT2D eigenvalue weighted by molar-refractivity contribution is -0.105. The van der Waals surface area contributed by atoms with Crippen molar-refractivity contribution in [2.24, 2.45) is 5.92 Å². The standard InChI is InChI=1S/C17H24O4/c1-13(2)15(12-18)10-14-6-7-16(20-4)17(11-14)21-9-5-8-19-3/h6-7,10-13H,5,8-9H2,1-4H3/b15-10+. The Kier molecular flexibility index (Phi) is 7.54. The molecule has 0 atom stereocenters. The third kappa shape index (κ3) is 5.60. The minimum absolute atomic E-state index is 0.190. The number of rotatable bonds is 9. The fraction of sp³-hybridized carbons (Fsp3) is 0.471. The fourth-order valence-electron chi connectivity index (χ4n) is 1.81. The Labute approximate surface area is 126 Å². The Balaban J connectivity index is 2.91. The summed E-state index contributed by atoms with van der Waals surface area (Å²) in [6, 6.07) is 5.64. The first-order valence-corrected chi connectivity index (χ1v) is 7.09. The van der Waals surface area contributed by atoms with Crippen LogP contribution in [0.15, 0.2) is 23.8 Å². The first kappa shape index (κ1) is 17.2. The third-order valence-corrected chi connectivity index (χ3v) is 3.07. The van der Waals surface area contributed by atoms with Crippen molar-refractivity contribution in [1.29, 1.82) is 0 Å². The number of ether oxygens (including phenoxy) is 3. The van der Waals surface area contributed by atoms with Crippen molar-refractivity contribution in [3.63, 3.8) is 0 Å². The number of carbonyl (C=O) groups is 1. The summed E-state index contributed by atoms with van der Waals surface area (Å²) in [5.74, 6) is 1.55. The molecule has 4 nitrogen and oxygen atoms in total. The smallest absolute Gasteiger partial charge is 0.161 e. The van der Waals surface area contributed by atoms with Gasteiger partial charge in [-0.3, -0.25) is 4.79 Å². The maximum Gasteiger partial charge on any atom is 0.161 e. The van der Waals surface area contributed by atoms with Gasteiger partial charge in [-0.1, -0.05) is 19.9 Å². The van der Waals surface area contributed by atoms with Gasteiger partial charge < -0.3 is 14.2 Å². The summed E-state index contributed by atoms with van der Waals surface area (Å²) in [6.07, 6.45) is 3.58. The van der Waals surface area contributed by atoms with Crippen molar-refractivity contribution < 1.29 is 19.0 Å². The molecule has 0 radical (unpaired) electrons. The predicted molar refractivity (Wildman–Crippen MR) is 83.9 cm³/mol. The molecule has 1 rings (SSSR count). The number of allylic oxidation sites excluding steroid dienone is 1. The minimum Gasteiger partial charge on any atom is -0.493 e. The van der Waals surface area contributed by atoms with E-state index in [1.807, 2.05) is 38.1 Å². The van der Waals surface area contributed by atoms with Gasteiger partial charge >= 0.3 is 0 Å². The molecule has 1 aromatic carbocycles. The van der Waals surface area contributed by atoms with E-state index in [4.69, 9.17) is 14.2 Å². The van der Waals surface area contributed by atoms with Gasteiger partial charge in [-0.25, -0.2) is 0 Å². The lowest BCUT2D eigenvalue weighted by Crippen LogP contribution is -2.03. The van der Waals surface area contributed by atoms with E-state index in [1.165, 1.54) is 0 Å². The molecule has 0 unspecified atom stereocenters. The molecule has 21 heavy (non-hydrogen) atoms. The molecule has 0 heterocycles. The van der Waals surface area contributed by atoms with Gasteiger partial charge in [-0.15, -0.1) is 0 Å². The van der Waals surface area contributed by atoms with Gasteiger partial charge in [-0.2, -0.15) is 0 Å². The maximum atomic E-state index is 11.1. The largest absolute Gasteiger partial charge is 0.493 e. The number of hydrogen-bond acceptors (Lipinski definition) is 4. The molecule has 0 bridgehead atoms. The van der Waals surface area contributed by atoms with E-state index in [0.29, 0.717) is 24.7 Å². The molecule has 0 aliphatic carbocycles.